The number of amides is 2. The largest absolute Gasteiger partial charge is 0.424 e. The van der Waals surface area contributed by atoms with Crippen LogP contribution in [-0.4, -0.2) is 24.1 Å². The van der Waals surface area contributed by atoms with Crippen LogP contribution >= 0.6 is 0 Å². The molecule has 0 fully saturated rings. The van der Waals surface area contributed by atoms with E-state index in [9.17, 15) is 19.2 Å². The predicted octanol–water partition coefficient (Wildman–Crippen LogP) is -0.0578. The van der Waals surface area contributed by atoms with Crippen molar-refractivity contribution in [1.82, 2.24) is 5.32 Å². The van der Waals surface area contributed by atoms with Crippen molar-refractivity contribution in [3.63, 3.8) is 0 Å². The number of ether oxygens (including phenoxy) is 2. The summed E-state index contributed by atoms with van der Waals surface area (Å²) in [6.45, 7) is 1.96. The highest BCUT2D eigenvalue weighted by molar-refractivity contribution is 5.95. The predicted molar refractivity (Wildman–Crippen MR) is 37.5 cm³/mol. The number of rotatable bonds is 0. The van der Waals surface area contributed by atoms with Crippen molar-refractivity contribution in [2.45, 2.75) is 13.8 Å². The molecule has 0 saturated heterocycles. The van der Waals surface area contributed by atoms with Crippen LogP contribution in [0.4, 0.5) is 9.59 Å². The van der Waals surface area contributed by atoms with Gasteiger partial charge in [-0.15, -0.1) is 0 Å². The van der Waals surface area contributed by atoms with E-state index >= 15 is 0 Å². The van der Waals surface area contributed by atoms with E-state index in [2.05, 4.69) is 9.47 Å². The van der Waals surface area contributed by atoms with Gasteiger partial charge in [0.05, 0.1) is 0 Å². The summed E-state index contributed by atoms with van der Waals surface area (Å²) in [4.78, 5) is 41.3. The van der Waals surface area contributed by atoms with E-state index in [-0.39, 0.29) is 0 Å². The highest BCUT2D eigenvalue weighted by atomic mass is 16.6. The Balaban J connectivity index is 3.85. The van der Waals surface area contributed by atoms with E-state index in [4.69, 9.17) is 0 Å². The Kier molecular flexibility index (Phi) is 4.14. The molecule has 0 rings (SSSR count). The fourth-order valence-electron chi connectivity index (χ4n) is 0.395. The molecule has 0 aromatic heterocycles. The van der Waals surface area contributed by atoms with Crippen molar-refractivity contribution in [2.24, 2.45) is 0 Å². The van der Waals surface area contributed by atoms with Crippen LogP contribution in [0.15, 0.2) is 0 Å². The van der Waals surface area contributed by atoms with Crippen LogP contribution in [-0.2, 0) is 19.1 Å². The first kappa shape index (κ1) is 11.1. The van der Waals surface area contributed by atoms with Gasteiger partial charge in [-0.25, -0.2) is 14.9 Å². The first-order valence-corrected chi connectivity index (χ1v) is 3.13. The van der Waals surface area contributed by atoms with Gasteiger partial charge in [0.2, 0.25) is 0 Å². The second kappa shape index (κ2) is 4.86. The average molecular weight is 189 g/mol. The number of alkyl carbamates (subject to hydrolysis) is 2. The second-order valence-electron chi connectivity index (χ2n) is 1.89. The zero-order valence-electron chi connectivity index (χ0n) is 6.95. The highest BCUT2D eigenvalue weighted by Crippen LogP contribution is 1.82. The van der Waals surface area contributed by atoms with Gasteiger partial charge < -0.3 is 9.47 Å². The summed E-state index contributed by atoms with van der Waals surface area (Å²) in [5.74, 6) is -1.76. The third kappa shape index (κ3) is 6.48. The minimum Gasteiger partial charge on any atom is -0.376 e. The van der Waals surface area contributed by atoms with Gasteiger partial charge in [-0.2, -0.15) is 0 Å². The monoisotopic (exact) mass is 189 g/mol. The third-order valence-corrected chi connectivity index (χ3v) is 0.677. The second-order valence-corrected chi connectivity index (χ2v) is 1.89. The standard InChI is InChI=1S/C6H7NO6/c1-3(8)12-5(10)7-6(11)13-4(2)9/h1-2H3,(H,7,10,11). The smallest absolute Gasteiger partial charge is 0.376 e. The van der Waals surface area contributed by atoms with Crippen molar-refractivity contribution in [3.05, 3.63) is 0 Å². The van der Waals surface area contributed by atoms with E-state index in [1.807, 2.05) is 0 Å². The van der Waals surface area contributed by atoms with E-state index in [0.717, 1.165) is 13.8 Å². The Morgan fingerprint density at radius 2 is 1.15 bits per heavy atom. The molecule has 0 radical (unpaired) electrons. The van der Waals surface area contributed by atoms with Crippen molar-refractivity contribution in [3.8, 4) is 0 Å². The van der Waals surface area contributed by atoms with Gasteiger partial charge in [0.15, 0.2) is 0 Å². The lowest BCUT2D eigenvalue weighted by molar-refractivity contribution is -0.134. The third-order valence-electron chi connectivity index (χ3n) is 0.677. The molecule has 7 heteroatoms. The Hall–Kier alpha value is -1.92. The Labute approximate surface area is 73.0 Å². The van der Waals surface area contributed by atoms with Gasteiger partial charge in [0.25, 0.3) is 0 Å². The molecule has 0 aromatic carbocycles. The van der Waals surface area contributed by atoms with E-state index < -0.39 is 24.1 Å². The fraction of sp³-hybridized carbons (Fsp3) is 0.333. The summed E-state index contributed by atoms with van der Waals surface area (Å²) < 4.78 is 7.80. The summed E-state index contributed by atoms with van der Waals surface area (Å²) in [5, 5.41) is 1.48. The van der Waals surface area contributed by atoms with Crippen molar-refractivity contribution in [1.29, 1.82) is 0 Å². The lowest BCUT2D eigenvalue weighted by atomic mass is 10.8. The zero-order chi connectivity index (χ0) is 10.4. The van der Waals surface area contributed by atoms with E-state index in [0.29, 0.717) is 0 Å². The molecule has 0 saturated carbocycles. The summed E-state index contributed by atoms with van der Waals surface area (Å²) in [5.41, 5.74) is 0. The molecule has 7 nitrogen and oxygen atoms in total. The maximum atomic E-state index is 10.5. The molecule has 2 amide bonds. The molecule has 0 aliphatic carbocycles. The SMILES string of the molecule is CC(=O)OC(=O)NC(=O)OC(C)=O. The number of hydrogen-bond donors (Lipinski definition) is 1. The topological polar surface area (TPSA) is 98.8 Å². The van der Waals surface area contributed by atoms with Gasteiger partial charge >= 0.3 is 24.1 Å². The molecule has 0 bridgehead atoms. The van der Waals surface area contributed by atoms with Gasteiger partial charge in [0, 0.05) is 13.8 Å². The molecular formula is C6H7NO6. The Bertz CT molecular complexity index is 232. The normalized spacial score (nSPS) is 8.46. The van der Waals surface area contributed by atoms with Crippen LogP contribution in [0.25, 0.3) is 0 Å². The first-order chi connectivity index (χ1) is 5.91. The summed E-state index contributed by atoms with van der Waals surface area (Å²) in [7, 11) is 0. The molecule has 0 spiro atoms. The molecule has 1 N–H and O–H groups in total. The first-order valence-electron chi connectivity index (χ1n) is 3.13. The number of carbonyl (C=O) groups excluding carboxylic acids is 4. The number of esters is 2. The molecular weight excluding hydrogens is 182 g/mol. The van der Waals surface area contributed by atoms with Gasteiger partial charge in [-0.05, 0) is 0 Å². The molecule has 0 unspecified atom stereocenters. The van der Waals surface area contributed by atoms with Crippen LogP contribution in [0, 0.1) is 0 Å². The molecule has 0 aliphatic heterocycles. The Morgan fingerprint density at radius 1 is 0.846 bits per heavy atom. The molecule has 0 aliphatic rings. The maximum absolute atomic E-state index is 10.5. The van der Waals surface area contributed by atoms with Gasteiger partial charge in [0.1, 0.15) is 0 Å². The summed E-state index contributed by atoms with van der Waals surface area (Å²) in [6.07, 6.45) is -2.59. The van der Waals surface area contributed by atoms with Crippen LogP contribution in [0.2, 0.25) is 0 Å². The minimum atomic E-state index is -1.29. The van der Waals surface area contributed by atoms with Crippen LogP contribution in [0.1, 0.15) is 13.8 Å². The number of hydrogen-bond acceptors (Lipinski definition) is 6. The van der Waals surface area contributed by atoms with Gasteiger partial charge in [-0.1, -0.05) is 0 Å². The molecule has 0 heterocycles. The zero-order valence-corrected chi connectivity index (χ0v) is 6.95. The maximum Gasteiger partial charge on any atom is 0.424 e. The molecule has 13 heavy (non-hydrogen) atoms. The van der Waals surface area contributed by atoms with E-state index in [1.54, 1.807) is 0 Å². The van der Waals surface area contributed by atoms with Gasteiger partial charge in [-0.3, -0.25) is 9.59 Å². The lowest BCUT2D eigenvalue weighted by Gasteiger charge is -2.00. The van der Waals surface area contributed by atoms with Crippen molar-refractivity contribution in [2.75, 3.05) is 0 Å². The van der Waals surface area contributed by atoms with Crippen molar-refractivity contribution < 1.29 is 28.7 Å². The number of imide groups is 1. The van der Waals surface area contributed by atoms with E-state index in [1.165, 1.54) is 5.32 Å². The molecule has 0 atom stereocenters. The van der Waals surface area contributed by atoms with Crippen LogP contribution < -0.4 is 5.32 Å². The molecule has 72 valence electrons. The average Bonchev–Trinajstić information content (AvgIpc) is 1.80. The summed E-state index contributed by atoms with van der Waals surface area (Å²) >= 11 is 0. The fourth-order valence-corrected chi connectivity index (χ4v) is 0.395. The summed E-state index contributed by atoms with van der Waals surface area (Å²) in [6, 6.07) is 0. The number of carbonyl (C=O) groups is 4. The van der Waals surface area contributed by atoms with Crippen molar-refractivity contribution >= 4 is 24.1 Å². The Morgan fingerprint density at radius 3 is 1.38 bits per heavy atom. The molecule has 0 aromatic rings. The lowest BCUT2D eigenvalue weighted by Crippen LogP contribution is -2.33. The van der Waals surface area contributed by atoms with Crippen LogP contribution in [0.5, 0.6) is 0 Å². The highest BCUT2D eigenvalue weighted by Gasteiger charge is 2.12. The quantitative estimate of drug-likeness (QED) is 0.423. The minimum absolute atomic E-state index is 0.881. The van der Waals surface area contributed by atoms with Crippen LogP contribution in [0.3, 0.4) is 0 Å². The number of nitrogens with one attached hydrogen (secondary N) is 1.